The van der Waals surface area contributed by atoms with E-state index in [1.165, 1.54) is 167 Å². The molecule has 0 aliphatic heterocycles. The lowest BCUT2D eigenvalue weighted by Crippen LogP contribution is -1.88. The predicted molar refractivity (Wildman–Crippen MR) is 492 cm³/mol. The number of hydrogen-bond acceptors (Lipinski definition) is 0. The maximum absolute atomic E-state index is 2.26. The van der Waals surface area contributed by atoms with Crippen molar-refractivity contribution in [3.63, 3.8) is 0 Å². The van der Waals surface area contributed by atoms with Gasteiger partial charge >= 0.3 is 0 Å². The summed E-state index contributed by atoms with van der Waals surface area (Å²) in [6.45, 7) is 12.8. The molecular formula is C114H96. The Morgan fingerprint density at radius 2 is 0.342 bits per heavy atom. The van der Waals surface area contributed by atoms with Gasteiger partial charge < -0.3 is 0 Å². The van der Waals surface area contributed by atoms with E-state index in [4.69, 9.17) is 0 Å². The first-order chi connectivity index (χ1) is 56.1. The number of benzene rings is 18. The molecule has 0 spiro atoms. The zero-order valence-electron chi connectivity index (χ0n) is 66.0. The summed E-state index contributed by atoms with van der Waals surface area (Å²) in [5, 5.41) is 0. The zero-order valence-corrected chi connectivity index (χ0v) is 66.0. The predicted octanol–water partition coefficient (Wildman–Crippen LogP) is 32.0. The molecule has 552 valence electrons. The van der Waals surface area contributed by atoms with E-state index in [0.717, 1.165) is 0 Å². The first kappa shape index (κ1) is 78.1. The molecule has 0 nitrogen and oxygen atoms in total. The Balaban J connectivity index is 0.000000119. The van der Waals surface area contributed by atoms with E-state index in [0.29, 0.717) is 0 Å². The summed E-state index contributed by atoms with van der Waals surface area (Å²) in [6, 6.07) is 167. The number of aryl methyl sites for hydroxylation is 6. The molecule has 18 aromatic carbocycles. The van der Waals surface area contributed by atoms with E-state index in [9.17, 15) is 0 Å². The quantitative estimate of drug-likeness (QED) is 0.114. The number of rotatable bonds is 12. The summed E-state index contributed by atoms with van der Waals surface area (Å²) in [5.41, 5.74) is 38.5. The van der Waals surface area contributed by atoms with Crippen LogP contribution in [-0.2, 0) is 0 Å². The van der Waals surface area contributed by atoms with Crippen LogP contribution in [-0.4, -0.2) is 0 Å². The van der Waals surface area contributed by atoms with Crippen molar-refractivity contribution in [3.05, 3.63) is 507 Å². The van der Waals surface area contributed by atoms with Gasteiger partial charge in [-0.15, -0.1) is 0 Å². The molecule has 0 amide bonds. The Bertz CT molecular complexity index is 5790. The van der Waals surface area contributed by atoms with Gasteiger partial charge in [0.25, 0.3) is 0 Å². The van der Waals surface area contributed by atoms with Crippen molar-refractivity contribution >= 4 is 0 Å². The Hall–Kier alpha value is -14.0. The first-order valence-electron chi connectivity index (χ1n) is 39.4. The molecule has 0 saturated carbocycles. The molecule has 0 fully saturated rings. The molecule has 0 bridgehead atoms. The fourth-order valence-corrected chi connectivity index (χ4v) is 14.4. The van der Waals surface area contributed by atoms with Gasteiger partial charge in [-0.05, 0) is 192 Å². The second-order valence-corrected chi connectivity index (χ2v) is 28.6. The summed E-state index contributed by atoms with van der Waals surface area (Å²) in [6.07, 6.45) is 0. The highest BCUT2D eigenvalue weighted by Crippen LogP contribution is 2.39. The minimum Gasteiger partial charge on any atom is -0.0622 e. The smallest absolute Gasteiger partial charge is 0.00761 e. The minimum atomic E-state index is 1.26. The lowest BCUT2D eigenvalue weighted by atomic mass is 9.91. The summed E-state index contributed by atoms with van der Waals surface area (Å²) in [7, 11) is 0. The average molecular weight is 1470 g/mol. The third kappa shape index (κ3) is 21.1. The molecule has 0 aliphatic rings. The Kier molecular flexibility index (Phi) is 27.4. The van der Waals surface area contributed by atoms with Gasteiger partial charge in [0.2, 0.25) is 0 Å². The zero-order chi connectivity index (χ0) is 78.5. The van der Waals surface area contributed by atoms with Crippen LogP contribution in [0.2, 0.25) is 0 Å². The summed E-state index contributed by atoms with van der Waals surface area (Å²) < 4.78 is 0. The van der Waals surface area contributed by atoms with Gasteiger partial charge in [-0.25, -0.2) is 0 Å². The van der Waals surface area contributed by atoms with E-state index in [1.54, 1.807) is 0 Å². The SMILES string of the molecule is Cc1ccc(-c2ccccc2)c(-c2ccccc2)c1.Cc1ccc(-c2ccccc2-c2ccccc2)cc1.Cc1ccc(-c2ccccc2-c2ccccc2)cc1.Cc1cccc(-c2cccc(-c3ccccc3)c2)c1.Cc1cccc(-c2ccccc2)c1-c1ccccc1.Cc1ccccc1-c1ccccc1-c1ccccc1. The fourth-order valence-electron chi connectivity index (χ4n) is 14.4. The minimum absolute atomic E-state index is 1.26. The van der Waals surface area contributed by atoms with Crippen molar-refractivity contribution in [2.75, 3.05) is 0 Å². The molecule has 0 aromatic heterocycles. The summed E-state index contributed by atoms with van der Waals surface area (Å²) >= 11 is 0. The Morgan fingerprint density at radius 1 is 0.105 bits per heavy atom. The van der Waals surface area contributed by atoms with E-state index in [-0.39, 0.29) is 0 Å². The Morgan fingerprint density at radius 3 is 0.737 bits per heavy atom. The fraction of sp³-hybridized carbons (Fsp3) is 0.0526. The van der Waals surface area contributed by atoms with Crippen molar-refractivity contribution in [1.82, 2.24) is 0 Å². The highest BCUT2D eigenvalue weighted by atomic mass is 14.2. The molecule has 0 aliphatic carbocycles. The second-order valence-electron chi connectivity index (χ2n) is 28.6. The molecule has 0 N–H and O–H groups in total. The molecule has 18 rings (SSSR count). The third-order valence-corrected chi connectivity index (χ3v) is 20.3. The van der Waals surface area contributed by atoms with Crippen LogP contribution in [0.25, 0.3) is 134 Å². The largest absolute Gasteiger partial charge is 0.0622 e. The highest BCUT2D eigenvalue weighted by molar-refractivity contribution is 5.89. The Labute approximate surface area is 677 Å². The van der Waals surface area contributed by atoms with Crippen LogP contribution >= 0.6 is 0 Å². The van der Waals surface area contributed by atoms with E-state index in [2.05, 4.69) is 509 Å². The molecule has 0 saturated heterocycles. The summed E-state index contributed by atoms with van der Waals surface area (Å²) in [4.78, 5) is 0. The molecule has 0 unspecified atom stereocenters. The molecule has 0 heteroatoms. The van der Waals surface area contributed by atoms with Crippen molar-refractivity contribution in [1.29, 1.82) is 0 Å². The van der Waals surface area contributed by atoms with E-state index in [1.807, 2.05) is 6.07 Å². The first-order valence-corrected chi connectivity index (χ1v) is 39.4. The lowest BCUT2D eigenvalue weighted by Gasteiger charge is -2.13. The normalized spacial score (nSPS) is 10.4. The average Bonchev–Trinajstić information content (AvgIpc) is 0.831. The van der Waals surface area contributed by atoms with E-state index >= 15 is 0 Å². The van der Waals surface area contributed by atoms with Gasteiger partial charge in [0.05, 0.1) is 0 Å². The van der Waals surface area contributed by atoms with Crippen LogP contribution in [0.15, 0.2) is 473 Å². The van der Waals surface area contributed by atoms with Crippen LogP contribution in [0.1, 0.15) is 33.4 Å². The monoisotopic (exact) mass is 1460 g/mol. The lowest BCUT2D eigenvalue weighted by molar-refractivity contribution is 1.45. The second kappa shape index (κ2) is 40.1. The van der Waals surface area contributed by atoms with Crippen LogP contribution in [0.3, 0.4) is 0 Å². The molecule has 0 heterocycles. The van der Waals surface area contributed by atoms with Crippen molar-refractivity contribution in [2.24, 2.45) is 0 Å². The van der Waals surface area contributed by atoms with Gasteiger partial charge in [-0.2, -0.15) is 0 Å². The molecular weight excluding hydrogens is 1370 g/mol. The van der Waals surface area contributed by atoms with Crippen molar-refractivity contribution in [3.8, 4) is 134 Å². The topological polar surface area (TPSA) is 0 Å². The van der Waals surface area contributed by atoms with Gasteiger partial charge in [-0.3, -0.25) is 0 Å². The van der Waals surface area contributed by atoms with Crippen LogP contribution in [0, 0.1) is 41.5 Å². The van der Waals surface area contributed by atoms with Gasteiger partial charge in [0.1, 0.15) is 0 Å². The number of hydrogen-bond donors (Lipinski definition) is 0. The summed E-state index contributed by atoms with van der Waals surface area (Å²) in [5.74, 6) is 0. The van der Waals surface area contributed by atoms with Gasteiger partial charge in [0, 0.05) is 0 Å². The van der Waals surface area contributed by atoms with Crippen LogP contribution in [0.4, 0.5) is 0 Å². The molecule has 18 aromatic rings. The van der Waals surface area contributed by atoms with Crippen LogP contribution in [0.5, 0.6) is 0 Å². The maximum atomic E-state index is 2.26. The highest BCUT2D eigenvalue weighted by Gasteiger charge is 2.14. The van der Waals surface area contributed by atoms with Crippen molar-refractivity contribution in [2.45, 2.75) is 41.5 Å². The molecule has 0 radical (unpaired) electrons. The molecule has 114 heavy (non-hydrogen) atoms. The standard InChI is InChI=1S/6C19H16/c1-15-9-8-14-18(16-10-4-2-5-11-16)19(15)17-12-6-3-7-13-17;1-15-12-13-18(16-8-4-2-5-9-16)19(14-15)17-10-6-3-7-11-17;1-15-7-5-10-17(13-15)19-12-6-11-18(14-19)16-8-3-2-4-9-16;1-15-9-5-6-12-17(15)19-14-8-7-13-18(19)16-10-3-2-4-11-16;2*1-15-11-13-17(14-12-15)19-10-6-5-9-18(19)16-7-3-2-4-8-16/h6*2-14H,1H3. The van der Waals surface area contributed by atoms with E-state index < -0.39 is 0 Å². The third-order valence-electron chi connectivity index (χ3n) is 20.3. The van der Waals surface area contributed by atoms with Crippen molar-refractivity contribution < 1.29 is 0 Å². The maximum Gasteiger partial charge on any atom is -0.00761 e. The van der Waals surface area contributed by atoms with Gasteiger partial charge in [-0.1, -0.05) is 489 Å². The molecule has 0 atom stereocenters. The van der Waals surface area contributed by atoms with Gasteiger partial charge in [0.15, 0.2) is 0 Å². The van der Waals surface area contributed by atoms with Crippen LogP contribution < -0.4 is 0 Å².